The zero-order valence-electron chi connectivity index (χ0n) is 14.4. The molecule has 1 saturated heterocycles. The van der Waals surface area contributed by atoms with Crippen LogP contribution < -0.4 is 5.32 Å². The molecule has 0 saturated carbocycles. The molecule has 1 fully saturated rings. The van der Waals surface area contributed by atoms with E-state index in [0.717, 1.165) is 5.56 Å². The summed E-state index contributed by atoms with van der Waals surface area (Å²) in [4.78, 5) is 25.1. The zero-order valence-corrected chi connectivity index (χ0v) is 14.4. The Morgan fingerprint density at radius 1 is 1.00 bits per heavy atom. The Balaban J connectivity index is 1.76. The van der Waals surface area contributed by atoms with Gasteiger partial charge in [-0.25, -0.2) is 4.79 Å². The molecular formula is C20H22N2O4. The molecule has 2 aromatic carbocycles. The van der Waals surface area contributed by atoms with Gasteiger partial charge in [0.05, 0.1) is 0 Å². The lowest BCUT2D eigenvalue weighted by Crippen LogP contribution is -2.50. The third-order valence-electron chi connectivity index (χ3n) is 5.09. The van der Waals surface area contributed by atoms with E-state index in [2.05, 4.69) is 5.32 Å². The number of nitrogens with zero attached hydrogens (tertiary/aromatic N) is 1. The summed E-state index contributed by atoms with van der Waals surface area (Å²) in [6, 6.07) is 16.0. The number of rotatable bonds is 4. The fourth-order valence-corrected chi connectivity index (χ4v) is 3.45. The van der Waals surface area contributed by atoms with Gasteiger partial charge in [-0.2, -0.15) is 0 Å². The monoisotopic (exact) mass is 354 g/mol. The first-order valence-corrected chi connectivity index (χ1v) is 8.61. The van der Waals surface area contributed by atoms with Gasteiger partial charge in [-0.05, 0) is 42.7 Å². The van der Waals surface area contributed by atoms with Gasteiger partial charge in [-0.1, -0.05) is 30.3 Å². The van der Waals surface area contributed by atoms with Gasteiger partial charge in [0.1, 0.15) is 5.75 Å². The summed E-state index contributed by atoms with van der Waals surface area (Å²) in [5, 5.41) is 21.5. The molecule has 136 valence electrons. The van der Waals surface area contributed by atoms with Crippen molar-refractivity contribution >= 4 is 12.0 Å². The molecule has 6 heteroatoms. The number of carboxylic acid groups (broad SMARTS) is 1. The lowest BCUT2D eigenvalue weighted by Gasteiger charge is -2.41. The van der Waals surface area contributed by atoms with E-state index in [1.807, 2.05) is 30.3 Å². The Morgan fingerprint density at radius 2 is 1.62 bits per heavy atom. The van der Waals surface area contributed by atoms with Crippen LogP contribution in [0.2, 0.25) is 0 Å². The third kappa shape index (κ3) is 3.79. The summed E-state index contributed by atoms with van der Waals surface area (Å²) in [5.74, 6) is -0.0932. The molecule has 0 radical (unpaired) electrons. The smallest absolute Gasteiger partial charge is 0.407 e. The maximum atomic E-state index is 12.4. The molecule has 0 aliphatic carbocycles. The number of carbonyl (C=O) groups is 2. The van der Waals surface area contributed by atoms with Crippen LogP contribution in [-0.4, -0.2) is 46.7 Å². The van der Waals surface area contributed by atoms with Crippen LogP contribution in [0.25, 0.3) is 0 Å². The van der Waals surface area contributed by atoms with Gasteiger partial charge in [0.25, 0.3) is 5.91 Å². The molecule has 0 aromatic heterocycles. The van der Waals surface area contributed by atoms with Crippen LogP contribution in [0.4, 0.5) is 4.79 Å². The van der Waals surface area contributed by atoms with E-state index in [1.54, 1.807) is 12.1 Å². The predicted molar refractivity (Wildman–Crippen MR) is 97.4 cm³/mol. The molecule has 1 aliphatic rings. The number of hydrogen-bond acceptors (Lipinski definition) is 3. The number of phenols is 1. The van der Waals surface area contributed by atoms with Crippen LogP contribution in [0.5, 0.6) is 5.75 Å². The zero-order chi connectivity index (χ0) is 18.6. The quantitative estimate of drug-likeness (QED) is 0.787. The van der Waals surface area contributed by atoms with Crippen LogP contribution in [0, 0.1) is 0 Å². The number of nitrogens with one attached hydrogen (secondary N) is 1. The fourth-order valence-electron chi connectivity index (χ4n) is 3.45. The summed E-state index contributed by atoms with van der Waals surface area (Å²) in [7, 11) is 0. The largest absolute Gasteiger partial charge is 0.508 e. The minimum atomic E-state index is -0.903. The molecule has 1 heterocycles. The maximum Gasteiger partial charge on any atom is 0.407 e. The van der Waals surface area contributed by atoms with Crippen molar-refractivity contribution in [1.29, 1.82) is 0 Å². The van der Waals surface area contributed by atoms with E-state index in [0.29, 0.717) is 38.0 Å². The minimum absolute atomic E-state index is 0.114. The number of amides is 2. The Hall–Kier alpha value is -3.02. The number of benzene rings is 2. The summed E-state index contributed by atoms with van der Waals surface area (Å²) in [6.45, 7) is 1.32. The highest BCUT2D eigenvalue weighted by Gasteiger charge is 2.37. The first-order chi connectivity index (χ1) is 12.5. The summed E-state index contributed by atoms with van der Waals surface area (Å²) in [6.07, 6.45) is 0.401. The predicted octanol–water partition coefficient (Wildman–Crippen LogP) is 2.83. The number of piperidine rings is 1. The highest BCUT2D eigenvalue weighted by molar-refractivity contribution is 5.94. The van der Waals surface area contributed by atoms with Gasteiger partial charge in [-0.3, -0.25) is 4.79 Å². The van der Waals surface area contributed by atoms with Crippen LogP contribution in [0.1, 0.15) is 28.8 Å². The van der Waals surface area contributed by atoms with Crippen molar-refractivity contribution in [3.8, 4) is 5.75 Å². The van der Waals surface area contributed by atoms with Gasteiger partial charge in [0, 0.05) is 30.6 Å². The Kier molecular flexibility index (Phi) is 5.11. The molecular weight excluding hydrogens is 332 g/mol. The summed E-state index contributed by atoms with van der Waals surface area (Å²) in [5.41, 5.74) is 1.30. The van der Waals surface area contributed by atoms with Crippen molar-refractivity contribution in [2.45, 2.75) is 18.3 Å². The van der Waals surface area contributed by atoms with Gasteiger partial charge in [0.15, 0.2) is 0 Å². The molecule has 26 heavy (non-hydrogen) atoms. The van der Waals surface area contributed by atoms with E-state index in [-0.39, 0.29) is 17.1 Å². The standard InChI is InChI=1S/C20H22N2O4/c23-17-8-6-15(7-9-17)18(24)21-14-20(16-4-2-1-3-5-16)10-12-22(13-11-20)19(25)26/h1-9,23H,10-14H2,(H,21,24)(H,25,26). The van der Waals surface area contributed by atoms with Crippen molar-refractivity contribution in [2.24, 2.45) is 0 Å². The molecule has 0 unspecified atom stereocenters. The molecule has 2 amide bonds. The van der Waals surface area contributed by atoms with Crippen molar-refractivity contribution in [3.05, 3.63) is 65.7 Å². The Bertz CT molecular complexity index is 766. The van der Waals surface area contributed by atoms with Crippen molar-refractivity contribution in [2.75, 3.05) is 19.6 Å². The van der Waals surface area contributed by atoms with E-state index in [4.69, 9.17) is 0 Å². The number of phenolic OH excluding ortho intramolecular Hbond substituents is 1. The fraction of sp³-hybridized carbons (Fsp3) is 0.300. The average molecular weight is 354 g/mol. The lowest BCUT2D eigenvalue weighted by molar-refractivity contribution is 0.0908. The van der Waals surface area contributed by atoms with Gasteiger partial charge in [-0.15, -0.1) is 0 Å². The summed E-state index contributed by atoms with van der Waals surface area (Å²) < 4.78 is 0. The molecule has 0 spiro atoms. The van der Waals surface area contributed by atoms with Crippen LogP contribution in [-0.2, 0) is 5.41 Å². The van der Waals surface area contributed by atoms with Crippen molar-refractivity contribution < 1.29 is 19.8 Å². The Morgan fingerprint density at radius 3 is 2.19 bits per heavy atom. The second-order valence-electron chi connectivity index (χ2n) is 6.65. The topological polar surface area (TPSA) is 89.9 Å². The first kappa shape index (κ1) is 17.8. The highest BCUT2D eigenvalue weighted by Crippen LogP contribution is 2.35. The average Bonchev–Trinajstić information content (AvgIpc) is 2.67. The molecule has 6 nitrogen and oxygen atoms in total. The third-order valence-corrected chi connectivity index (χ3v) is 5.09. The Labute approximate surface area is 152 Å². The number of aromatic hydroxyl groups is 1. The van der Waals surface area contributed by atoms with Crippen molar-refractivity contribution in [3.63, 3.8) is 0 Å². The number of carbonyl (C=O) groups excluding carboxylic acids is 1. The highest BCUT2D eigenvalue weighted by atomic mass is 16.4. The second kappa shape index (κ2) is 7.47. The van der Waals surface area contributed by atoms with Gasteiger partial charge >= 0.3 is 6.09 Å². The van der Waals surface area contributed by atoms with Crippen LogP contribution >= 0.6 is 0 Å². The molecule has 3 rings (SSSR count). The molecule has 3 N–H and O–H groups in total. The maximum absolute atomic E-state index is 12.4. The van der Waals surface area contributed by atoms with Crippen molar-refractivity contribution in [1.82, 2.24) is 10.2 Å². The summed E-state index contributed by atoms with van der Waals surface area (Å²) >= 11 is 0. The van der Waals surface area contributed by atoms with Crippen LogP contribution in [0.15, 0.2) is 54.6 Å². The van der Waals surface area contributed by atoms with E-state index < -0.39 is 6.09 Å². The molecule has 2 aromatic rings. The molecule has 0 bridgehead atoms. The first-order valence-electron chi connectivity index (χ1n) is 8.61. The SMILES string of the molecule is O=C(NCC1(c2ccccc2)CCN(C(=O)O)CC1)c1ccc(O)cc1. The lowest BCUT2D eigenvalue weighted by atomic mass is 9.72. The van der Waals surface area contributed by atoms with E-state index >= 15 is 0 Å². The normalized spacial score (nSPS) is 16.1. The second-order valence-corrected chi connectivity index (χ2v) is 6.65. The van der Waals surface area contributed by atoms with Crippen LogP contribution in [0.3, 0.4) is 0 Å². The number of hydrogen-bond donors (Lipinski definition) is 3. The van der Waals surface area contributed by atoms with Gasteiger partial charge < -0.3 is 20.4 Å². The van der Waals surface area contributed by atoms with E-state index in [9.17, 15) is 19.8 Å². The molecule has 1 aliphatic heterocycles. The minimum Gasteiger partial charge on any atom is -0.508 e. The number of likely N-dealkylation sites (tertiary alicyclic amines) is 1. The van der Waals surface area contributed by atoms with E-state index in [1.165, 1.54) is 17.0 Å². The van der Waals surface area contributed by atoms with Gasteiger partial charge in [0.2, 0.25) is 0 Å². The molecule has 0 atom stereocenters.